The maximum atomic E-state index is 11.5. The lowest BCUT2D eigenvalue weighted by Crippen LogP contribution is -2.42. The second kappa shape index (κ2) is 8.11. The Morgan fingerprint density at radius 1 is 1.60 bits per heavy atom. The molecular formula is C14H23N3O2S. The molecule has 0 bridgehead atoms. The number of esters is 1. The van der Waals surface area contributed by atoms with Crippen LogP contribution in [-0.2, 0) is 16.0 Å². The highest BCUT2D eigenvalue weighted by Crippen LogP contribution is 2.19. The van der Waals surface area contributed by atoms with Gasteiger partial charge in [0.05, 0.1) is 18.7 Å². The molecule has 1 atom stereocenters. The fourth-order valence-corrected chi connectivity index (χ4v) is 2.36. The Morgan fingerprint density at radius 3 is 3.10 bits per heavy atom. The Bertz CT molecular complexity index is 442. The maximum Gasteiger partial charge on any atom is 0.311 e. The van der Waals surface area contributed by atoms with E-state index in [1.165, 1.54) is 0 Å². The van der Waals surface area contributed by atoms with E-state index in [1.807, 2.05) is 12.1 Å². The van der Waals surface area contributed by atoms with Crippen molar-refractivity contribution in [2.45, 2.75) is 32.2 Å². The molecule has 0 saturated carbocycles. The molecule has 20 heavy (non-hydrogen) atoms. The molecule has 0 aromatic carbocycles. The summed E-state index contributed by atoms with van der Waals surface area (Å²) in [7, 11) is 0. The predicted molar refractivity (Wildman–Crippen MR) is 84.4 cm³/mol. The van der Waals surface area contributed by atoms with Crippen LogP contribution in [-0.4, -0.2) is 36.7 Å². The lowest BCUT2D eigenvalue weighted by atomic mass is 10.1. The van der Waals surface area contributed by atoms with Crippen LogP contribution in [0, 0.1) is 0 Å². The molecular weight excluding hydrogens is 274 g/mol. The van der Waals surface area contributed by atoms with Crippen molar-refractivity contribution in [3.8, 4) is 0 Å². The SMILES string of the molecule is CCOC(=O)Cc1cc(N2CCC[C@@H](N)C2)ccn1.S. The third-order valence-corrected chi connectivity index (χ3v) is 3.25. The van der Waals surface area contributed by atoms with Crippen LogP contribution in [0.1, 0.15) is 25.5 Å². The summed E-state index contributed by atoms with van der Waals surface area (Å²) in [6.07, 6.45) is 4.15. The van der Waals surface area contributed by atoms with Gasteiger partial charge in [0.15, 0.2) is 0 Å². The average Bonchev–Trinajstić information content (AvgIpc) is 2.39. The minimum atomic E-state index is -0.234. The first-order chi connectivity index (χ1) is 9.19. The van der Waals surface area contributed by atoms with Gasteiger partial charge in [0, 0.05) is 31.0 Å². The van der Waals surface area contributed by atoms with E-state index in [2.05, 4.69) is 9.88 Å². The Morgan fingerprint density at radius 2 is 2.40 bits per heavy atom. The minimum absolute atomic E-state index is 0. The highest BCUT2D eigenvalue weighted by molar-refractivity contribution is 7.59. The summed E-state index contributed by atoms with van der Waals surface area (Å²) >= 11 is 0. The van der Waals surface area contributed by atoms with Gasteiger partial charge in [-0.05, 0) is 31.9 Å². The molecule has 0 amide bonds. The zero-order chi connectivity index (χ0) is 13.7. The maximum absolute atomic E-state index is 11.5. The zero-order valence-electron chi connectivity index (χ0n) is 11.8. The molecule has 0 spiro atoms. The standard InChI is InChI=1S/C14H21N3O2.H2S/c1-2-19-14(18)9-12-8-13(5-6-16-12)17-7-3-4-11(15)10-17;/h5-6,8,11H,2-4,7,9-10,15H2,1H3;1H2/t11-;/m1./s1. The Balaban J connectivity index is 0.00000200. The summed E-state index contributed by atoms with van der Waals surface area (Å²) in [6.45, 7) is 4.08. The van der Waals surface area contributed by atoms with Crippen molar-refractivity contribution in [1.82, 2.24) is 4.98 Å². The third kappa shape index (κ3) is 4.68. The van der Waals surface area contributed by atoms with Gasteiger partial charge in [0.1, 0.15) is 0 Å². The van der Waals surface area contributed by atoms with E-state index in [0.717, 1.165) is 37.3 Å². The molecule has 5 nitrogen and oxygen atoms in total. The minimum Gasteiger partial charge on any atom is -0.466 e. The fourth-order valence-electron chi connectivity index (χ4n) is 2.36. The molecule has 1 aromatic heterocycles. The highest BCUT2D eigenvalue weighted by Gasteiger charge is 2.17. The Kier molecular flexibility index (Phi) is 6.81. The van der Waals surface area contributed by atoms with Gasteiger partial charge in [0.25, 0.3) is 0 Å². The Labute approximate surface area is 126 Å². The summed E-state index contributed by atoms with van der Waals surface area (Å²) in [5.41, 5.74) is 7.82. The van der Waals surface area contributed by atoms with Crippen LogP contribution in [0.25, 0.3) is 0 Å². The fraction of sp³-hybridized carbons (Fsp3) is 0.571. The van der Waals surface area contributed by atoms with Gasteiger partial charge in [-0.15, -0.1) is 0 Å². The van der Waals surface area contributed by atoms with Crippen LogP contribution < -0.4 is 10.6 Å². The lowest BCUT2D eigenvalue weighted by molar-refractivity contribution is -0.142. The topological polar surface area (TPSA) is 68.5 Å². The number of piperidine rings is 1. The van der Waals surface area contributed by atoms with Gasteiger partial charge in [0.2, 0.25) is 0 Å². The number of hydrogen-bond donors (Lipinski definition) is 1. The summed E-state index contributed by atoms with van der Waals surface area (Å²) in [5, 5.41) is 0. The summed E-state index contributed by atoms with van der Waals surface area (Å²) in [6, 6.07) is 4.15. The predicted octanol–water partition coefficient (Wildman–Crippen LogP) is 1.23. The van der Waals surface area contributed by atoms with E-state index in [1.54, 1.807) is 13.1 Å². The normalized spacial score (nSPS) is 18.3. The number of hydrogen-bond acceptors (Lipinski definition) is 5. The second-order valence-electron chi connectivity index (χ2n) is 4.84. The van der Waals surface area contributed by atoms with Gasteiger partial charge < -0.3 is 15.4 Å². The summed E-state index contributed by atoms with van der Waals surface area (Å²) in [4.78, 5) is 17.9. The van der Waals surface area contributed by atoms with Gasteiger partial charge in [-0.3, -0.25) is 9.78 Å². The molecule has 1 fully saturated rings. The number of nitrogens with two attached hydrogens (primary N) is 1. The molecule has 2 rings (SSSR count). The zero-order valence-corrected chi connectivity index (χ0v) is 12.8. The molecule has 1 aliphatic heterocycles. The van der Waals surface area contributed by atoms with Crippen molar-refractivity contribution in [3.63, 3.8) is 0 Å². The van der Waals surface area contributed by atoms with Crippen LogP contribution >= 0.6 is 13.5 Å². The van der Waals surface area contributed by atoms with Crippen molar-refractivity contribution in [2.75, 3.05) is 24.6 Å². The van der Waals surface area contributed by atoms with Crippen LogP contribution in [0.2, 0.25) is 0 Å². The van der Waals surface area contributed by atoms with E-state index < -0.39 is 0 Å². The number of nitrogens with zero attached hydrogens (tertiary/aromatic N) is 2. The Hall–Kier alpha value is -1.27. The van der Waals surface area contributed by atoms with E-state index >= 15 is 0 Å². The van der Waals surface area contributed by atoms with E-state index in [-0.39, 0.29) is 31.9 Å². The van der Waals surface area contributed by atoms with Gasteiger partial charge in [-0.2, -0.15) is 13.5 Å². The largest absolute Gasteiger partial charge is 0.466 e. The van der Waals surface area contributed by atoms with Crippen molar-refractivity contribution >= 4 is 25.2 Å². The molecule has 2 heterocycles. The van der Waals surface area contributed by atoms with Gasteiger partial charge >= 0.3 is 5.97 Å². The molecule has 0 unspecified atom stereocenters. The number of carbonyl (C=O) groups excluding carboxylic acids is 1. The first-order valence-electron chi connectivity index (χ1n) is 6.80. The molecule has 0 radical (unpaired) electrons. The van der Waals surface area contributed by atoms with Crippen LogP contribution in [0.4, 0.5) is 5.69 Å². The number of anilines is 1. The summed E-state index contributed by atoms with van der Waals surface area (Å²) < 4.78 is 4.94. The smallest absolute Gasteiger partial charge is 0.311 e. The monoisotopic (exact) mass is 297 g/mol. The van der Waals surface area contributed by atoms with Gasteiger partial charge in [-0.1, -0.05) is 0 Å². The number of aromatic nitrogens is 1. The number of pyridine rings is 1. The van der Waals surface area contributed by atoms with Crippen molar-refractivity contribution in [1.29, 1.82) is 0 Å². The van der Waals surface area contributed by atoms with Crippen LogP contribution in [0.15, 0.2) is 18.3 Å². The lowest BCUT2D eigenvalue weighted by Gasteiger charge is -2.32. The molecule has 112 valence electrons. The first-order valence-corrected chi connectivity index (χ1v) is 6.80. The number of ether oxygens (including phenoxy) is 1. The first kappa shape index (κ1) is 16.8. The highest BCUT2D eigenvalue weighted by atomic mass is 32.1. The molecule has 1 aromatic rings. The molecule has 0 aliphatic carbocycles. The number of carbonyl (C=O) groups is 1. The third-order valence-electron chi connectivity index (χ3n) is 3.25. The molecule has 1 saturated heterocycles. The summed E-state index contributed by atoms with van der Waals surface area (Å²) in [5.74, 6) is -0.234. The van der Waals surface area contributed by atoms with Crippen molar-refractivity contribution in [2.24, 2.45) is 5.73 Å². The second-order valence-corrected chi connectivity index (χ2v) is 4.84. The molecule has 1 aliphatic rings. The van der Waals surface area contributed by atoms with Gasteiger partial charge in [-0.25, -0.2) is 0 Å². The van der Waals surface area contributed by atoms with Crippen molar-refractivity contribution < 1.29 is 9.53 Å². The van der Waals surface area contributed by atoms with E-state index in [9.17, 15) is 4.79 Å². The number of rotatable bonds is 4. The van der Waals surface area contributed by atoms with Crippen LogP contribution in [0.5, 0.6) is 0 Å². The van der Waals surface area contributed by atoms with E-state index in [0.29, 0.717) is 6.61 Å². The van der Waals surface area contributed by atoms with E-state index in [4.69, 9.17) is 10.5 Å². The van der Waals surface area contributed by atoms with Crippen LogP contribution in [0.3, 0.4) is 0 Å². The quantitative estimate of drug-likeness (QED) is 0.847. The average molecular weight is 297 g/mol. The van der Waals surface area contributed by atoms with Crippen molar-refractivity contribution in [3.05, 3.63) is 24.0 Å². The molecule has 2 N–H and O–H groups in total. The molecule has 6 heteroatoms.